The third-order valence-corrected chi connectivity index (χ3v) is 4.24. The van der Waals surface area contributed by atoms with Gasteiger partial charge >= 0.3 is 5.97 Å². The van der Waals surface area contributed by atoms with Gasteiger partial charge in [-0.2, -0.15) is 0 Å². The molecule has 4 nitrogen and oxygen atoms in total. The summed E-state index contributed by atoms with van der Waals surface area (Å²) in [6.07, 6.45) is 1.92. The van der Waals surface area contributed by atoms with Crippen LogP contribution in [0.4, 0.5) is 0 Å². The fourth-order valence-corrected chi connectivity index (χ4v) is 2.34. The lowest BCUT2D eigenvalue weighted by molar-refractivity contribution is -0.143. The highest BCUT2D eigenvalue weighted by Crippen LogP contribution is 2.25. The monoisotopic (exact) mass is 368 g/mol. The molecule has 144 valence electrons. The summed E-state index contributed by atoms with van der Waals surface area (Å²) in [4.78, 5) is 11.1. The molecule has 0 saturated carbocycles. The zero-order chi connectivity index (χ0) is 19.6. The van der Waals surface area contributed by atoms with E-state index in [1.165, 1.54) is 0 Å². The van der Waals surface area contributed by atoms with Gasteiger partial charge in [0, 0.05) is 6.08 Å². The van der Waals surface area contributed by atoms with Crippen molar-refractivity contribution in [1.29, 1.82) is 0 Å². The van der Waals surface area contributed by atoms with Gasteiger partial charge in [-0.1, -0.05) is 51.1 Å². The molecule has 0 aromatic heterocycles. The molecule has 0 fully saturated rings. The number of benzene rings is 2. The van der Waals surface area contributed by atoms with Gasteiger partial charge in [0.15, 0.2) is 0 Å². The third kappa shape index (κ3) is 6.81. The lowest BCUT2D eigenvalue weighted by Gasteiger charge is -2.14. The van der Waals surface area contributed by atoms with Gasteiger partial charge in [-0.25, -0.2) is 4.79 Å². The van der Waals surface area contributed by atoms with Crippen LogP contribution in [0.3, 0.4) is 0 Å². The molecular formula is C23H28O4. The summed E-state index contributed by atoms with van der Waals surface area (Å²) in [5.41, 5.74) is 2.22. The average molecular weight is 368 g/mol. The topological polar surface area (TPSA) is 44.8 Å². The number of esters is 1. The van der Waals surface area contributed by atoms with Gasteiger partial charge in [0.1, 0.15) is 24.2 Å². The first-order chi connectivity index (χ1) is 13.0. The molecule has 0 heterocycles. The summed E-state index contributed by atoms with van der Waals surface area (Å²) < 4.78 is 16.5. The maximum atomic E-state index is 11.1. The number of hydrogen-bond acceptors (Lipinski definition) is 4. The van der Waals surface area contributed by atoms with Crippen molar-refractivity contribution in [3.05, 3.63) is 61.2 Å². The van der Waals surface area contributed by atoms with Gasteiger partial charge < -0.3 is 14.2 Å². The molecule has 0 aliphatic heterocycles. The molecule has 0 amide bonds. The first-order valence-electron chi connectivity index (χ1n) is 9.31. The molecular weight excluding hydrogens is 340 g/mol. The molecule has 0 saturated heterocycles. The van der Waals surface area contributed by atoms with Crippen LogP contribution in [0, 0.1) is 5.92 Å². The molecule has 0 bridgehead atoms. The Labute approximate surface area is 161 Å². The number of carbonyl (C=O) groups excluding carboxylic acids is 1. The molecule has 2 aromatic carbocycles. The van der Waals surface area contributed by atoms with Crippen LogP contribution in [-0.2, 0) is 9.53 Å². The summed E-state index contributed by atoms with van der Waals surface area (Å²) in [6.45, 7) is 10.5. The van der Waals surface area contributed by atoms with E-state index in [1.54, 1.807) is 6.92 Å². The van der Waals surface area contributed by atoms with Crippen molar-refractivity contribution >= 4 is 5.97 Å². The maximum absolute atomic E-state index is 11.1. The van der Waals surface area contributed by atoms with Gasteiger partial charge in [-0.3, -0.25) is 0 Å². The Morgan fingerprint density at radius 3 is 1.85 bits per heavy atom. The molecule has 0 aliphatic carbocycles. The minimum atomic E-state index is -0.446. The van der Waals surface area contributed by atoms with E-state index in [0.29, 0.717) is 12.5 Å². The summed E-state index contributed by atoms with van der Waals surface area (Å²) in [5, 5.41) is 0. The Hall–Kier alpha value is -2.75. The van der Waals surface area contributed by atoms with Crippen molar-refractivity contribution in [3.8, 4) is 22.6 Å². The van der Waals surface area contributed by atoms with Crippen LogP contribution in [-0.4, -0.2) is 25.3 Å². The minimum absolute atomic E-state index is 0.293. The molecule has 0 unspecified atom stereocenters. The smallest absolute Gasteiger partial charge is 0.330 e. The molecule has 2 aromatic rings. The predicted molar refractivity (Wildman–Crippen MR) is 108 cm³/mol. The second-order valence-electron chi connectivity index (χ2n) is 6.64. The molecule has 0 N–H and O–H groups in total. The summed E-state index contributed by atoms with van der Waals surface area (Å²) in [7, 11) is 0. The fraction of sp³-hybridized carbons (Fsp3) is 0.348. The van der Waals surface area contributed by atoms with Crippen LogP contribution in [0.25, 0.3) is 11.1 Å². The summed E-state index contributed by atoms with van der Waals surface area (Å²) >= 11 is 0. The highest BCUT2D eigenvalue weighted by molar-refractivity contribution is 5.81. The van der Waals surface area contributed by atoms with Gasteiger partial charge in [0.05, 0.1) is 6.61 Å². The van der Waals surface area contributed by atoms with E-state index in [0.717, 1.165) is 41.7 Å². The molecule has 2 atom stereocenters. The fourth-order valence-electron chi connectivity index (χ4n) is 2.34. The predicted octanol–water partition coefficient (Wildman–Crippen LogP) is 5.28. The lowest BCUT2D eigenvalue weighted by atomic mass is 10.1. The third-order valence-electron chi connectivity index (χ3n) is 4.24. The number of carbonyl (C=O) groups is 1. The van der Waals surface area contributed by atoms with Crippen LogP contribution < -0.4 is 9.47 Å². The van der Waals surface area contributed by atoms with Crippen molar-refractivity contribution in [2.45, 2.75) is 33.3 Å². The Balaban J connectivity index is 1.89. The molecule has 4 heteroatoms. The van der Waals surface area contributed by atoms with Crippen LogP contribution in [0.15, 0.2) is 61.2 Å². The standard InChI is InChI=1S/C23H28O4/c1-5-17(3)15-25-21-11-7-19(8-12-21)20-9-13-22(14-10-20)26-16-18(4)27-23(24)6-2/h6-14,17-18H,2,5,15-16H2,1,3-4H3/t17-,18+/m1/s1. The first kappa shape index (κ1) is 20.6. The zero-order valence-corrected chi connectivity index (χ0v) is 16.3. The van der Waals surface area contributed by atoms with Gasteiger partial charge in [-0.15, -0.1) is 0 Å². The van der Waals surface area contributed by atoms with E-state index in [2.05, 4.69) is 32.6 Å². The number of hydrogen-bond donors (Lipinski definition) is 0. The molecule has 0 spiro atoms. The molecule has 2 rings (SSSR count). The second-order valence-corrected chi connectivity index (χ2v) is 6.64. The number of rotatable bonds is 10. The quantitative estimate of drug-likeness (QED) is 0.423. The second kappa shape index (κ2) is 10.4. The van der Waals surface area contributed by atoms with Crippen LogP contribution >= 0.6 is 0 Å². The molecule has 0 radical (unpaired) electrons. The van der Waals surface area contributed by atoms with E-state index >= 15 is 0 Å². The van der Waals surface area contributed by atoms with Gasteiger partial charge in [0.2, 0.25) is 0 Å². The average Bonchev–Trinajstić information content (AvgIpc) is 2.71. The van der Waals surface area contributed by atoms with Gasteiger partial charge in [-0.05, 0) is 48.2 Å². The maximum Gasteiger partial charge on any atom is 0.330 e. The van der Waals surface area contributed by atoms with E-state index in [1.807, 2.05) is 36.4 Å². The SMILES string of the molecule is C=CC(=O)O[C@@H](C)COc1ccc(-c2ccc(OC[C@H](C)CC)cc2)cc1. The molecule has 27 heavy (non-hydrogen) atoms. The Bertz CT molecular complexity index is 719. The number of ether oxygens (including phenoxy) is 3. The van der Waals surface area contributed by atoms with Crippen molar-refractivity contribution in [2.75, 3.05) is 13.2 Å². The Kier molecular flexibility index (Phi) is 7.93. The van der Waals surface area contributed by atoms with Crippen molar-refractivity contribution in [1.82, 2.24) is 0 Å². The van der Waals surface area contributed by atoms with Gasteiger partial charge in [0.25, 0.3) is 0 Å². The Morgan fingerprint density at radius 1 is 0.926 bits per heavy atom. The Morgan fingerprint density at radius 2 is 1.41 bits per heavy atom. The normalized spacial score (nSPS) is 12.7. The van der Waals surface area contributed by atoms with Crippen molar-refractivity contribution < 1.29 is 19.0 Å². The largest absolute Gasteiger partial charge is 0.493 e. The summed E-state index contributed by atoms with van der Waals surface area (Å²) in [5.74, 6) is 1.73. The van der Waals surface area contributed by atoms with E-state index in [9.17, 15) is 4.79 Å². The summed E-state index contributed by atoms with van der Waals surface area (Å²) in [6, 6.07) is 15.9. The lowest BCUT2D eigenvalue weighted by Crippen LogP contribution is -2.20. The van der Waals surface area contributed by atoms with E-state index < -0.39 is 5.97 Å². The van der Waals surface area contributed by atoms with Crippen LogP contribution in [0.1, 0.15) is 27.2 Å². The highest BCUT2D eigenvalue weighted by atomic mass is 16.6. The van der Waals surface area contributed by atoms with Crippen molar-refractivity contribution in [3.63, 3.8) is 0 Å². The van der Waals surface area contributed by atoms with Crippen LogP contribution in [0.2, 0.25) is 0 Å². The van der Waals surface area contributed by atoms with E-state index in [-0.39, 0.29) is 6.10 Å². The van der Waals surface area contributed by atoms with Crippen molar-refractivity contribution in [2.24, 2.45) is 5.92 Å². The zero-order valence-electron chi connectivity index (χ0n) is 16.3. The van der Waals surface area contributed by atoms with Crippen LogP contribution in [0.5, 0.6) is 11.5 Å². The highest BCUT2D eigenvalue weighted by Gasteiger charge is 2.08. The molecule has 0 aliphatic rings. The first-order valence-corrected chi connectivity index (χ1v) is 9.31. The van der Waals surface area contributed by atoms with E-state index in [4.69, 9.17) is 14.2 Å². The minimum Gasteiger partial charge on any atom is -0.493 e.